The Hall–Kier alpha value is -0.0900. The first-order chi connectivity index (χ1) is 6.09. The summed E-state index contributed by atoms with van der Waals surface area (Å²) in [5, 5.41) is 0. The third-order valence-electron chi connectivity index (χ3n) is 3.39. The fourth-order valence-electron chi connectivity index (χ4n) is 2.77. The van der Waals surface area contributed by atoms with Crippen LogP contribution >= 0.6 is 0 Å². The van der Waals surface area contributed by atoms with Crippen molar-refractivity contribution in [1.29, 1.82) is 0 Å². The molecular weight excluding hydrogens is 186 g/mol. The first-order valence-corrected chi connectivity index (χ1v) is 6.90. The zero-order chi connectivity index (χ0) is 9.47. The molecule has 13 heavy (non-hydrogen) atoms. The number of hydrogen-bond acceptors (Lipinski definition) is 2. The van der Waals surface area contributed by atoms with Gasteiger partial charge in [-0.15, -0.1) is 0 Å². The standard InChI is InChI=1S/C9H17NO2S/c1-13(11,12)10-7-6-8-4-2-3-5-9(8)10/h8-9H,2-7H2,1H3/t8-,9-/m1/s1. The van der Waals surface area contributed by atoms with Gasteiger partial charge in [0.15, 0.2) is 0 Å². The fraction of sp³-hybridized carbons (Fsp3) is 1.00. The zero-order valence-electron chi connectivity index (χ0n) is 8.07. The molecule has 2 atom stereocenters. The molecule has 2 rings (SSSR count). The van der Waals surface area contributed by atoms with Crippen LogP contribution in [0.5, 0.6) is 0 Å². The summed E-state index contributed by atoms with van der Waals surface area (Å²) in [4.78, 5) is 0. The summed E-state index contributed by atoms with van der Waals surface area (Å²) in [5.41, 5.74) is 0. The minimum absolute atomic E-state index is 0.337. The zero-order valence-corrected chi connectivity index (χ0v) is 8.89. The molecule has 2 aliphatic rings. The summed E-state index contributed by atoms with van der Waals surface area (Å²) < 4.78 is 24.5. The average Bonchev–Trinajstić information content (AvgIpc) is 2.45. The van der Waals surface area contributed by atoms with Gasteiger partial charge in [0.25, 0.3) is 0 Å². The summed E-state index contributed by atoms with van der Waals surface area (Å²) in [5.74, 6) is 0.656. The van der Waals surface area contributed by atoms with Crippen LogP contribution in [0.1, 0.15) is 32.1 Å². The molecule has 0 aromatic heterocycles. The van der Waals surface area contributed by atoms with Gasteiger partial charge in [-0.05, 0) is 25.2 Å². The van der Waals surface area contributed by atoms with Crippen LogP contribution in [0.2, 0.25) is 0 Å². The van der Waals surface area contributed by atoms with Crippen molar-refractivity contribution in [2.24, 2.45) is 5.92 Å². The van der Waals surface area contributed by atoms with E-state index in [4.69, 9.17) is 0 Å². The van der Waals surface area contributed by atoms with Crippen LogP contribution in [0.4, 0.5) is 0 Å². The molecule has 0 N–H and O–H groups in total. The fourth-order valence-corrected chi connectivity index (χ4v) is 3.98. The second-order valence-corrected chi connectivity index (χ2v) is 6.21. The van der Waals surface area contributed by atoms with Gasteiger partial charge in [-0.1, -0.05) is 12.8 Å². The van der Waals surface area contributed by atoms with E-state index in [2.05, 4.69) is 0 Å². The van der Waals surface area contributed by atoms with Crippen molar-refractivity contribution in [2.45, 2.75) is 38.1 Å². The molecule has 0 amide bonds. The molecule has 1 saturated carbocycles. The van der Waals surface area contributed by atoms with E-state index in [-0.39, 0.29) is 0 Å². The van der Waals surface area contributed by atoms with Crippen LogP contribution in [0.25, 0.3) is 0 Å². The highest BCUT2D eigenvalue weighted by atomic mass is 32.2. The summed E-state index contributed by atoms with van der Waals surface area (Å²) in [6, 6.07) is 0.337. The molecule has 1 aliphatic heterocycles. The maximum absolute atomic E-state index is 11.4. The quantitative estimate of drug-likeness (QED) is 0.642. The molecule has 0 bridgehead atoms. The van der Waals surface area contributed by atoms with Crippen LogP contribution in [0.3, 0.4) is 0 Å². The minimum atomic E-state index is -2.94. The molecule has 76 valence electrons. The van der Waals surface area contributed by atoms with Gasteiger partial charge in [-0.25, -0.2) is 8.42 Å². The van der Waals surface area contributed by atoms with Crippen LogP contribution in [0, 0.1) is 5.92 Å². The van der Waals surface area contributed by atoms with Crippen molar-refractivity contribution in [1.82, 2.24) is 4.31 Å². The molecule has 1 saturated heterocycles. The lowest BCUT2D eigenvalue weighted by atomic mass is 9.86. The number of fused-ring (bicyclic) bond motifs is 1. The molecule has 0 unspecified atom stereocenters. The Kier molecular flexibility index (Phi) is 2.36. The average molecular weight is 203 g/mol. The van der Waals surface area contributed by atoms with E-state index in [9.17, 15) is 8.42 Å². The second-order valence-electron chi connectivity index (χ2n) is 4.27. The number of hydrogen-bond donors (Lipinski definition) is 0. The lowest BCUT2D eigenvalue weighted by Crippen LogP contribution is -2.38. The largest absolute Gasteiger partial charge is 0.212 e. The number of rotatable bonds is 1. The first kappa shape index (κ1) is 9.46. The van der Waals surface area contributed by atoms with Crippen LogP contribution in [-0.2, 0) is 10.0 Å². The van der Waals surface area contributed by atoms with E-state index in [1.165, 1.54) is 25.5 Å². The van der Waals surface area contributed by atoms with E-state index in [0.717, 1.165) is 19.4 Å². The highest BCUT2D eigenvalue weighted by Crippen LogP contribution is 2.37. The van der Waals surface area contributed by atoms with E-state index in [1.807, 2.05) is 0 Å². The molecule has 4 heteroatoms. The van der Waals surface area contributed by atoms with Gasteiger partial charge in [0, 0.05) is 12.6 Å². The van der Waals surface area contributed by atoms with Gasteiger partial charge in [-0.2, -0.15) is 4.31 Å². The van der Waals surface area contributed by atoms with Crippen molar-refractivity contribution < 1.29 is 8.42 Å². The van der Waals surface area contributed by atoms with Crippen LogP contribution in [0.15, 0.2) is 0 Å². The SMILES string of the molecule is CS(=O)(=O)N1CC[C@H]2CCCC[C@H]21. The lowest BCUT2D eigenvalue weighted by molar-refractivity contribution is 0.261. The van der Waals surface area contributed by atoms with Gasteiger partial charge in [0.1, 0.15) is 0 Å². The molecule has 3 nitrogen and oxygen atoms in total. The Bertz CT molecular complexity index is 286. The van der Waals surface area contributed by atoms with E-state index < -0.39 is 10.0 Å². The van der Waals surface area contributed by atoms with Crippen molar-refractivity contribution in [2.75, 3.05) is 12.8 Å². The van der Waals surface area contributed by atoms with E-state index in [1.54, 1.807) is 4.31 Å². The Morgan fingerprint density at radius 3 is 2.54 bits per heavy atom. The minimum Gasteiger partial charge on any atom is -0.212 e. The van der Waals surface area contributed by atoms with Crippen molar-refractivity contribution in [3.05, 3.63) is 0 Å². The smallest absolute Gasteiger partial charge is 0.211 e. The highest BCUT2D eigenvalue weighted by Gasteiger charge is 2.39. The van der Waals surface area contributed by atoms with Crippen molar-refractivity contribution >= 4 is 10.0 Å². The molecule has 0 radical (unpaired) electrons. The van der Waals surface area contributed by atoms with Crippen LogP contribution in [-0.4, -0.2) is 31.6 Å². The van der Waals surface area contributed by atoms with Gasteiger partial charge < -0.3 is 0 Å². The Morgan fingerprint density at radius 2 is 1.85 bits per heavy atom. The molecule has 2 fully saturated rings. The lowest BCUT2D eigenvalue weighted by Gasteiger charge is -2.29. The maximum Gasteiger partial charge on any atom is 0.211 e. The van der Waals surface area contributed by atoms with Gasteiger partial charge >= 0.3 is 0 Å². The van der Waals surface area contributed by atoms with Gasteiger partial charge in [-0.3, -0.25) is 0 Å². The molecule has 0 aromatic carbocycles. The first-order valence-electron chi connectivity index (χ1n) is 5.06. The van der Waals surface area contributed by atoms with E-state index >= 15 is 0 Å². The van der Waals surface area contributed by atoms with Crippen molar-refractivity contribution in [3.63, 3.8) is 0 Å². The number of nitrogens with zero attached hydrogens (tertiary/aromatic N) is 1. The van der Waals surface area contributed by atoms with Crippen LogP contribution < -0.4 is 0 Å². The monoisotopic (exact) mass is 203 g/mol. The summed E-state index contributed by atoms with van der Waals surface area (Å²) in [6.45, 7) is 0.758. The molecular formula is C9H17NO2S. The molecule has 0 aromatic rings. The predicted octanol–water partition coefficient (Wildman–Crippen LogP) is 1.21. The third-order valence-corrected chi connectivity index (χ3v) is 4.69. The Labute approximate surface area is 80.2 Å². The number of sulfonamides is 1. The second kappa shape index (κ2) is 3.24. The maximum atomic E-state index is 11.4. The van der Waals surface area contributed by atoms with Crippen molar-refractivity contribution in [3.8, 4) is 0 Å². The van der Waals surface area contributed by atoms with Gasteiger partial charge in [0.2, 0.25) is 10.0 Å². The normalized spacial score (nSPS) is 36.1. The summed E-state index contributed by atoms with van der Waals surface area (Å²) in [7, 11) is -2.94. The predicted molar refractivity (Wildman–Crippen MR) is 51.9 cm³/mol. The molecule has 1 heterocycles. The summed E-state index contributed by atoms with van der Waals surface area (Å²) in [6.07, 6.45) is 7.22. The third kappa shape index (κ3) is 1.74. The summed E-state index contributed by atoms with van der Waals surface area (Å²) >= 11 is 0. The topological polar surface area (TPSA) is 37.4 Å². The Balaban J connectivity index is 2.16. The molecule has 1 aliphatic carbocycles. The van der Waals surface area contributed by atoms with E-state index in [0.29, 0.717) is 12.0 Å². The van der Waals surface area contributed by atoms with Gasteiger partial charge in [0.05, 0.1) is 6.26 Å². The molecule has 0 spiro atoms. The highest BCUT2D eigenvalue weighted by molar-refractivity contribution is 7.88. The Morgan fingerprint density at radius 1 is 1.15 bits per heavy atom.